The van der Waals surface area contributed by atoms with Crippen LogP contribution in [-0.4, -0.2) is 20.2 Å². The van der Waals surface area contributed by atoms with Gasteiger partial charge in [-0.2, -0.15) is 10.1 Å². The fourth-order valence-corrected chi connectivity index (χ4v) is 2.03. The van der Waals surface area contributed by atoms with Gasteiger partial charge in [-0.25, -0.2) is 0 Å². The molecule has 2 heterocycles. The topological polar surface area (TPSA) is 75.6 Å². The molecular weight excluding hydrogens is 288 g/mol. The molecule has 116 valence electrons. The lowest BCUT2D eigenvalue weighted by atomic mass is 10.1. The summed E-state index contributed by atoms with van der Waals surface area (Å²) in [5.74, 6) is 1.16. The Kier molecular flexibility index (Phi) is 4.73. The minimum absolute atomic E-state index is 0.497. The third kappa shape index (κ3) is 4.47. The Morgan fingerprint density at radius 1 is 0.957 bits per heavy atom. The van der Waals surface area contributed by atoms with E-state index in [2.05, 4.69) is 62.0 Å². The van der Waals surface area contributed by atoms with Crippen LogP contribution in [0.25, 0.3) is 0 Å². The van der Waals surface area contributed by atoms with Crippen molar-refractivity contribution in [1.82, 2.24) is 20.2 Å². The molecule has 0 fully saturated rings. The number of rotatable bonds is 6. The van der Waals surface area contributed by atoms with Gasteiger partial charge in [-0.1, -0.05) is 35.9 Å². The van der Waals surface area contributed by atoms with E-state index in [1.54, 1.807) is 12.4 Å². The van der Waals surface area contributed by atoms with Crippen molar-refractivity contribution in [3.63, 3.8) is 0 Å². The standard InChI is InChI=1S/C17H18N6/c1-13-5-7-14(8-6-13)10-20-17-22-16(12-21-23-17)19-11-15-4-2-3-9-18-15/h2-9,12H,10-11H2,1H3,(H2,19,20,22,23). The van der Waals surface area contributed by atoms with Crippen LogP contribution in [0.1, 0.15) is 16.8 Å². The van der Waals surface area contributed by atoms with E-state index in [4.69, 9.17) is 0 Å². The van der Waals surface area contributed by atoms with Gasteiger partial charge in [-0.15, -0.1) is 5.10 Å². The molecule has 0 aliphatic heterocycles. The Hall–Kier alpha value is -3.02. The van der Waals surface area contributed by atoms with Gasteiger partial charge >= 0.3 is 0 Å². The molecule has 3 rings (SSSR count). The molecule has 0 saturated carbocycles. The summed E-state index contributed by atoms with van der Waals surface area (Å²) in [7, 11) is 0. The van der Waals surface area contributed by atoms with Crippen molar-refractivity contribution in [3.8, 4) is 0 Å². The van der Waals surface area contributed by atoms with Crippen molar-refractivity contribution in [2.75, 3.05) is 10.6 Å². The van der Waals surface area contributed by atoms with E-state index in [1.165, 1.54) is 11.1 Å². The molecule has 23 heavy (non-hydrogen) atoms. The highest BCUT2D eigenvalue weighted by atomic mass is 15.3. The van der Waals surface area contributed by atoms with E-state index in [9.17, 15) is 0 Å². The van der Waals surface area contributed by atoms with Gasteiger partial charge in [0.2, 0.25) is 5.95 Å². The Morgan fingerprint density at radius 3 is 2.61 bits per heavy atom. The zero-order valence-electron chi connectivity index (χ0n) is 12.9. The van der Waals surface area contributed by atoms with Gasteiger partial charge in [-0.05, 0) is 24.6 Å². The minimum atomic E-state index is 0.497. The molecule has 0 aliphatic rings. The fraction of sp³-hybridized carbons (Fsp3) is 0.176. The molecule has 2 N–H and O–H groups in total. The van der Waals surface area contributed by atoms with Gasteiger partial charge in [0.1, 0.15) is 0 Å². The summed E-state index contributed by atoms with van der Waals surface area (Å²) in [6.45, 7) is 3.32. The molecule has 0 saturated heterocycles. The molecule has 0 aliphatic carbocycles. The molecule has 0 radical (unpaired) electrons. The van der Waals surface area contributed by atoms with Gasteiger partial charge < -0.3 is 10.6 Å². The predicted octanol–water partition coefficient (Wildman–Crippen LogP) is 2.80. The molecule has 6 nitrogen and oxygen atoms in total. The molecule has 0 unspecified atom stereocenters. The van der Waals surface area contributed by atoms with E-state index >= 15 is 0 Å². The highest BCUT2D eigenvalue weighted by molar-refractivity contribution is 5.38. The molecule has 0 atom stereocenters. The van der Waals surface area contributed by atoms with E-state index in [0.717, 1.165) is 5.69 Å². The lowest BCUT2D eigenvalue weighted by Gasteiger charge is -2.07. The second kappa shape index (κ2) is 7.31. The van der Waals surface area contributed by atoms with Crippen LogP contribution in [0.5, 0.6) is 0 Å². The van der Waals surface area contributed by atoms with Crippen molar-refractivity contribution in [3.05, 3.63) is 71.7 Å². The average Bonchev–Trinajstić information content (AvgIpc) is 2.61. The summed E-state index contributed by atoms with van der Waals surface area (Å²) in [6.07, 6.45) is 3.36. The highest BCUT2D eigenvalue weighted by Gasteiger charge is 2.01. The van der Waals surface area contributed by atoms with Gasteiger partial charge in [0.25, 0.3) is 0 Å². The number of aryl methyl sites for hydroxylation is 1. The molecule has 3 aromatic rings. The first-order valence-electron chi connectivity index (χ1n) is 7.42. The van der Waals surface area contributed by atoms with Gasteiger partial charge in [0.15, 0.2) is 5.82 Å². The first-order valence-corrected chi connectivity index (χ1v) is 7.42. The fourth-order valence-electron chi connectivity index (χ4n) is 2.03. The zero-order chi connectivity index (χ0) is 15.9. The summed E-state index contributed by atoms with van der Waals surface area (Å²) in [5.41, 5.74) is 3.36. The molecule has 0 amide bonds. The third-order valence-corrected chi connectivity index (χ3v) is 3.31. The quantitative estimate of drug-likeness (QED) is 0.729. The van der Waals surface area contributed by atoms with Crippen LogP contribution in [0.3, 0.4) is 0 Å². The van der Waals surface area contributed by atoms with Crippen molar-refractivity contribution in [1.29, 1.82) is 0 Å². The lowest BCUT2D eigenvalue weighted by Crippen LogP contribution is -2.08. The first kappa shape index (κ1) is 14.9. The maximum atomic E-state index is 4.40. The largest absolute Gasteiger partial charge is 0.363 e. The smallest absolute Gasteiger partial charge is 0.244 e. The third-order valence-electron chi connectivity index (χ3n) is 3.31. The van der Waals surface area contributed by atoms with E-state index in [0.29, 0.717) is 24.9 Å². The monoisotopic (exact) mass is 306 g/mol. The van der Waals surface area contributed by atoms with Gasteiger partial charge in [-0.3, -0.25) is 4.98 Å². The number of hydrogen-bond donors (Lipinski definition) is 2. The summed E-state index contributed by atoms with van der Waals surface area (Å²) in [6, 6.07) is 14.1. The Balaban J connectivity index is 1.57. The number of anilines is 2. The predicted molar refractivity (Wildman–Crippen MR) is 89.9 cm³/mol. The van der Waals surface area contributed by atoms with Crippen molar-refractivity contribution in [2.24, 2.45) is 0 Å². The highest BCUT2D eigenvalue weighted by Crippen LogP contribution is 2.08. The van der Waals surface area contributed by atoms with Crippen LogP contribution in [0.2, 0.25) is 0 Å². The number of pyridine rings is 1. The van der Waals surface area contributed by atoms with Crippen LogP contribution in [0.15, 0.2) is 54.9 Å². The van der Waals surface area contributed by atoms with Crippen LogP contribution in [0, 0.1) is 6.92 Å². The van der Waals surface area contributed by atoms with E-state index < -0.39 is 0 Å². The molecule has 2 aromatic heterocycles. The van der Waals surface area contributed by atoms with Crippen molar-refractivity contribution < 1.29 is 0 Å². The second-order valence-electron chi connectivity index (χ2n) is 5.18. The molecule has 1 aromatic carbocycles. The number of benzene rings is 1. The van der Waals surface area contributed by atoms with Crippen LogP contribution < -0.4 is 10.6 Å². The van der Waals surface area contributed by atoms with Gasteiger partial charge in [0.05, 0.1) is 18.4 Å². The number of nitrogens with one attached hydrogen (secondary N) is 2. The summed E-state index contributed by atoms with van der Waals surface area (Å²) in [4.78, 5) is 8.65. The lowest BCUT2D eigenvalue weighted by molar-refractivity contribution is 0.931. The number of nitrogens with zero attached hydrogens (tertiary/aromatic N) is 4. The van der Waals surface area contributed by atoms with Crippen LogP contribution in [0.4, 0.5) is 11.8 Å². The van der Waals surface area contributed by atoms with Crippen LogP contribution in [-0.2, 0) is 13.1 Å². The minimum Gasteiger partial charge on any atom is -0.363 e. The van der Waals surface area contributed by atoms with Gasteiger partial charge in [0, 0.05) is 12.7 Å². The number of hydrogen-bond acceptors (Lipinski definition) is 6. The zero-order valence-corrected chi connectivity index (χ0v) is 12.9. The average molecular weight is 306 g/mol. The van der Waals surface area contributed by atoms with E-state index in [1.807, 2.05) is 18.2 Å². The SMILES string of the molecule is Cc1ccc(CNc2nncc(NCc3ccccn3)n2)cc1. The van der Waals surface area contributed by atoms with Crippen molar-refractivity contribution in [2.45, 2.75) is 20.0 Å². The molecule has 0 bridgehead atoms. The van der Waals surface area contributed by atoms with Crippen LogP contribution >= 0.6 is 0 Å². The summed E-state index contributed by atoms with van der Waals surface area (Å²) >= 11 is 0. The maximum Gasteiger partial charge on any atom is 0.244 e. The molecule has 0 spiro atoms. The summed E-state index contributed by atoms with van der Waals surface area (Å²) in [5, 5.41) is 14.3. The van der Waals surface area contributed by atoms with Crippen molar-refractivity contribution >= 4 is 11.8 Å². The Morgan fingerprint density at radius 2 is 1.83 bits per heavy atom. The summed E-state index contributed by atoms with van der Waals surface area (Å²) < 4.78 is 0. The normalized spacial score (nSPS) is 10.3. The molecular formula is C17H18N6. The Labute approximate surface area is 135 Å². The second-order valence-corrected chi connectivity index (χ2v) is 5.18. The number of aromatic nitrogens is 4. The first-order chi connectivity index (χ1) is 11.3. The maximum absolute atomic E-state index is 4.40. The molecule has 6 heteroatoms. The Bertz CT molecular complexity index is 743. The van der Waals surface area contributed by atoms with E-state index in [-0.39, 0.29) is 0 Å².